The van der Waals surface area contributed by atoms with E-state index >= 15 is 0 Å². The van der Waals surface area contributed by atoms with Gasteiger partial charge < -0.3 is 0 Å². The first-order valence-electron chi connectivity index (χ1n) is 10.9. The van der Waals surface area contributed by atoms with Crippen molar-refractivity contribution in [2.45, 2.75) is 105 Å². The van der Waals surface area contributed by atoms with Gasteiger partial charge in [-0.3, -0.25) is 0 Å². The second-order valence-corrected chi connectivity index (χ2v) is 8.19. The molecular formula is C26H42Mg. The molecule has 148 valence electrons. The smallest absolute Gasteiger partial charge is 0.210 e. The van der Waals surface area contributed by atoms with Gasteiger partial charge in [0.2, 0.25) is 0 Å². The van der Waals surface area contributed by atoms with Crippen LogP contribution in [0.4, 0.5) is 0 Å². The minimum atomic E-state index is 0. The van der Waals surface area contributed by atoms with Gasteiger partial charge in [-0.2, -0.15) is 46.5 Å². The maximum atomic E-state index is 2.38. The summed E-state index contributed by atoms with van der Waals surface area (Å²) in [6.45, 7) is 18.2. The second kappa shape index (κ2) is 13.6. The van der Waals surface area contributed by atoms with Gasteiger partial charge in [0, 0.05) is 0 Å². The van der Waals surface area contributed by atoms with Gasteiger partial charge in [0.25, 0.3) is 0 Å². The topological polar surface area (TPSA) is 0 Å². The van der Waals surface area contributed by atoms with Gasteiger partial charge in [-0.25, -0.2) is 12.1 Å². The molecule has 1 heteroatoms. The quantitative estimate of drug-likeness (QED) is 0.319. The molecule has 27 heavy (non-hydrogen) atoms. The van der Waals surface area contributed by atoms with E-state index in [1.807, 2.05) is 0 Å². The third kappa shape index (κ3) is 8.16. The largest absolute Gasteiger partial charge is 2.00 e. The van der Waals surface area contributed by atoms with E-state index in [0.717, 1.165) is 23.7 Å². The summed E-state index contributed by atoms with van der Waals surface area (Å²) in [6, 6.07) is 13.9. The number of rotatable bonds is 8. The Morgan fingerprint density at radius 1 is 0.630 bits per heavy atom. The van der Waals surface area contributed by atoms with Crippen molar-refractivity contribution < 1.29 is 0 Å². The van der Waals surface area contributed by atoms with Gasteiger partial charge in [0.05, 0.1) is 0 Å². The summed E-state index contributed by atoms with van der Waals surface area (Å²) < 4.78 is 0. The van der Waals surface area contributed by atoms with E-state index in [1.54, 1.807) is 0 Å². The molecule has 0 N–H and O–H groups in total. The van der Waals surface area contributed by atoms with Crippen LogP contribution < -0.4 is 0 Å². The van der Waals surface area contributed by atoms with Gasteiger partial charge in [0.1, 0.15) is 0 Å². The van der Waals surface area contributed by atoms with Crippen LogP contribution in [-0.2, 0) is 0 Å². The van der Waals surface area contributed by atoms with Crippen LogP contribution in [0.5, 0.6) is 0 Å². The summed E-state index contributed by atoms with van der Waals surface area (Å²) in [4.78, 5) is 0. The molecule has 0 amide bonds. The van der Waals surface area contributed by atoms with Crippen LogP contribution >= 0.6 is 0 Å². The van der Waals surface area contributed by atoms with Crippen molar-refractivity contribution in [1.82, 2.24) is 0 Å². The molecule has 2 aromatic carbocycles. The molecule has 0 aliphatic carbocycles. The summed E-state index contributed by atoms with van der Waals surface area (Å²) in [5, 5.41) is 0. The molecule has 0 saturated carbocycles. The third-order valence-corrected chi connectivity index (χ3v) is 6.33. The molecule has 0 aliphatic rings. The summed E-state index contributed by atoms with van der Waals surface area (Å²) in [5.74, 6) is 2.88. The minimum Gasteiger partial charge on any atom is -0.210 e. The Bertz CT molecular complexity index is 500. The summed E-state index contributed by atoms with van der Waals surface area (Å²) in [7, 11) is 0. The normalized spacial score (nSPS) is 15.1. The number of hydrogen-bond acceptors (Lipinski definition) is 0. The van der Waals surface area contributed by atoms with E-state index in [2.05, 4.69) is 91.8 Å². The Balaban J connectivity index is 0.000000483. The molecule has 2 aromatic rings. The van der Waals surface area contributed by atoms with Gasteiger partial charge in [-0.15, -0.1) is 0 Å². The summed E-state index contributed by atoms with van der Waals surface area (Å²) in [5.41, 5.74) is 6.05. The van der Waals surface area contributed by atoms with Crippen molar-refractivity contribution in [2.75, 3.05) is 0 Å². The van der Waals surface area contributed by atoms with Crippen LogP contribution in [0.3, 0.4) is 0 Å². The molecule has 0 saturated heterocycles. The van der Waals surface area contributed by atoms with E-state index in [9.17, 15) is 0 Å². The van der Waals surface area contributed by atoms with E-state index in [0.29, 0.717) is 0 Å². The Kier molecular flexibility index (Phi) is 13.3. The molecular weight excluding hydrogens is 337 g/mol. The second-order valence-electron chi connectivity index (χ2n) is 8.19. The van der Waals surface area contributed by atoms with Crippen LogP contribution in [0, 0.1) is 0 Å². The Morgan fingerprint density at radius 3 is 1.22 bits per heavy atom. The molecule has 0 radical (unpaired) electrons. The van der Waals surface area contributed by atoms with E-state index in [4.69, 9.17) is 0 Å². The summed E-state index contributed by atoms with van der Waals surface area (Å²) >= 11 is 0. The molecule has 0 bridgehead atoms. The molecule has 2 rings (SSSR count). The molecule has 0 spiro atoms. The fourth-order valence-corrected chi connectivity index (χ4v) is 3.13. The Labute approximate surface area is 186 Å². The molecule has 0 fully saturated rings. The Morgan fingerprint density at radius 2 is 0.963 bits per heavy atom. The van der Waals surface area contributed by atoms with Crippen LogP contribution in [0.15, 0.2) is 36.4 Å². The van der Waals surface area contributed by atoms with Crippen molar-refractivity contribution in [1.29, 1.82) is 0 Å². The Hall–Kier alpha value is -0.534. The first-order valence-corrected chi connectivity index (χ1v) is 10.9. The maximum Gasteiger partial charge on any atom is 2.00 e. The molecule has 0 aliphatic heterocycles. The first kappa shape index (κ1) is 26.5. The molecule has 4 unspecified atom stereocenters. The molecule has 0 heterocycles. The zero-order valence-corrected chi connectivity index (χ0v) is 20.7. The fourth-order valence-electron chi connectivity index (χ4n) is 3.13. The van der Waals surface area contributed by atoms with Crippen molar-refractivity contribution >= 4 is 23.1 Å². The van der Waals surface area contributed by atoms with Crippen LogP contribution in [0.25, 0.3) is 0 Å². The van der Waals surface area contributed by atoms with Gasteiger partial charge in [-0.05, 0) is 0 Å². The zero-order valence-electron chi connectivity index (χ0n) is 19.3. The fraction of sp³-hybridized carbons (Fsp3) is 0.615. The molecule has 0 nitrogen and oxygen atoms in total. The average molecular weight is 379 g/mol. The number of hydrogen-bond donors (Lipinski definition) is 0. The van der Waals surface area contributed by atoms with Crippen molar-refractivity contribution in [2.24, 2.45) is 0 Å². The maximum absolute atomic E-state index is 2.38. The summed E-state index contributed by atoms with van der Waals surface area (Å²) in [6.07, 6.45) is 4.96. The monoisotopic (exact) mass is 378 g/mol. The predicted octanol–water partition coefficient (Wildman–Crippen LogP) is 8.48. The average Bonchev–Trinajstić information content (AvgIpc) is 3.35. The van der Waals surface area contributed by atoms with Crippen molar-refractivity contribution in [3.63, 3.8) is 0 Å². The van der Waals surface area contributed by atoms with Gasteiger partial charge in [-0.1, -0.05) is 105 Å². The third-order valence-electron chi connectivity index (χ3n) is 6.33. The van der Waals surface area contributed by atoms with E-state index in [1.165, 1.54) is 47.9 Å². The van der Waals surface area contributed by atoms with Gasteiger partial charge >= 0.3 is 23.1 Å². The minimum absolute atomic E-state index is 0. The molecule has 4 atom stereocenters. The SMILES string of the molecule is CCC(C)c1cc[c-](C(C)CC)c1.CCC(C)c1cc[c-](C(C)CC)c1.[Mg+2]. The zero-order chi connectivity index (χ0) is 19.7. The van der Waals surface area contributed by atoms with Crippen LogP contribution in [0.1, 0.15) is 127 Å². The van der Waals surface area contributed by atoms with Crippen LogP contribution in [-0.4, -0.2) is 23.1 Å². The standard InChI is InChI=1S/2C13H21.Mg/c2*1-5-10(3)12-7-8-13(9-12)11(4)6-2;/h2*7-11H,5-6H2,1-4H3;/q2*-1;+2. The van der Waals surface area contributed by atoms with E-state index in [-0.39, 0.29) is 23.1 Å². The van der Waals surface area contributed by atoms with E-state index < -0.39 is 0 Å². The van der Waals surface area contributed by atoms with Crippen LogP contribution in [0.2, 0.25) is 0 Å². The van der Waals surface area contributed by atoms with Gasteiger partial charge in [0.15, 0.2) is 0 Å². The molecule has 0 aromatic heterocycles. The first-order chi connectivity index (χ1) is 12.4. The predicted molar refractivity (Wildman–Crippen MR) is 125 cm³/mol. The van der Waals surface area contributed by atoms with Crippen molar-refractivity contribution in [3.8, 4) is 0 Å². The van der Waals surface area contributed by atoms with Crippen molar-refractivity contribution in [3.05, 3.63) is 58.7 Å².